The van der Waals surface area contributed by atoms with E-state index < -0.39 is 0 Å². The molecule has 0 amide bonds. The van der Waals surface area contributed by atoms with Gasteiger partial charge in [0.15, 0.2) is 0 Å². The Morgan fingerprint density at radius 1 is 1.25 bits per heavy atom. The van der Waals surface area contributed by atoms with Crippen molar-refractivity contribution >= 4 is 35.6 Å². The van der Waals surface area contributed by atoms with Gasteiger partial charge >= 0.3 is 0 Å². The molecule has 0 aliphatic heterocycles. The first-order valence-electron chi connectivity index (χ1n) is 4.58. The maximum absolute atomic E-state index is 5.81. The number of alkyl halides is 1. The molecule has 86 valence electrons. The zero-order valence-electron chi connectivity index (χ0n) is 8.63. The number of aromatic nitrogens is 2. The summed E-state index contributed by atoms with van der Waals surface area (Å²) in [6.45, 7) is 1.96. The van der Waals surface area contributed by atoms with Gasteiger partial charge in [0.1, 0.15) is 5.82 Å². The van der Waals surface area contributed by atoms with Crippen LogP contribution in [0.4, 0.5) is 0 Å². The van der Waals surface area contributed by atoms with Gasteiger partial charge in [0, 0.05) is 16.3 Å². The van der Waals surface area contributed by atoms with Crippen LogP contribution in [0.15, 0.2) is 24.3 Å². The molecule has 2 rings (SSSR count). The molecule has 1 aromatic heterocycles. The lowest BCUT2D eigenvalue weighted by Gasteiger charge is -1.95. The number of imidazole rings is 1. The number of hydrogen-bond donors (Lipinski definition) is 1. The molecule has 1 aromatic carbocycles. The maximum Gasteiger partial charge on any atom is 0.137 e. The third kappa shape index (κ3) is 2.70. The molecular formula is C11H11Cl3N2. The Morgan fingerprint density at radius 3 is 2.38 bits per heavy atom. The standard InChI is InChI=1S/C11H10Cl2N2.ClH/c1-7-10(6-12)15-11(14-7)8-2-4-9(13)5-3-8;/h2-5H,6H2,1H3,(H,14,15);1H. The van der Waals surface area contributed by atoms with E-state index in [0.29, 0.717) is 5.88 Å². The predicted octanol–water partition coefficient (Wildman–Crippen LogP) is 4.20. The van der Waals surface area contributed by atoms with Crippen LogP contribution in [0.2, 0.25) is 5.02 Å². The fourth-order valence-corrected chi connectivity index (χ4v) is 1.76. The molecule has 1 N–H and O–H groups in total. The quantitative estimate of drug-likeness (QED) is 0.819. The number of nitrogens with one attached hydrogen (secondary N) is 1. The van der Waals surface area contributed by atoms with E-state index in [4.69, 9.17) is 23.2 Å². The Bertz CT molecular complexity index is 463. The van der Waals surface area contributed by atoms with Gasteiger partial charge in [-0.25, -0.2) is 4.98 Å². The van der Waals surface area contributed by atoms with Gasteiger partial charge in [0.25, 0.3) is 0 Å². The average molecular weight is 278 g/mol. The minimum Gasteiger partial charge on any atom is -0.342 e. The first-order valence-corrected chi connectivity index (χ1v) is 5.49. The number of aromatic amines is 1. The number of hydrogen-bond acceptors (Lipinski definition) is 1. The molecule has 0 saturated carbocycles. The molecule has 2 nitrogen and oxygen atoms in total. The van der Waals surface area contributed by atoms with Gasteiger partial charge in [-0.2, -0.15) is 0 Å². The van der Waals surface area contributed by atoms with Gasteiger partial charge < -0.3 is 4.98 Å². The van der Waals surface area contributed by atoms with Crippen LogP contribution in [0.25, 0.3) is 11.4 Å². The topological polar surface area (TPSA) is 28.7 Å². The van der Waals surface area contributed by atoms with E-state index >= 15 is 0 Å². The van der Waals surface area contributed by atoms with E-state index in [2.05, 4.69) is 9.97 Å². The lowest BCUT2D eigenvalue weighted by molar-refractivity contribution is 1.18. The van der Waals surface area contributed by atoms with Crippen molar-refractivity contribution < 1.29 is 0 Å². The predicted molar refractivity (Wildman–Crippen MR) is 70.6 cm³/mol. The summed E-state index contributed by atoms with van der Waals surface area (Å²) in [5.74, 6) is 1.26. The molecule has 0 spiro atoms. The molecule has 0 radical (unpaired) electrons. The first kappa shape index (κ1) is 13.4. The number of aryl methyl sites for hydroxylation is 1. The number of halogens is 3. The van der Waals surface area contributed by atoms with Crippen molar-refractivity contribution in [2.75, 3.05) is 0 Å². The van der Waals surface area contributed by atoms with Gasteiger partial charge in [0.05, 0.1) is 11.6 Å². The number of benzene rings is 1. The average Bonchev–Trinajstić information content (AvgIpc) is 2.61. The summed E-state index contributed by atoms with van der Waals surface area (Å²) in [4.78, 5) is 7.59. The zero-order valence-corrected chi connectivity index (χ0v) is 11.0. The van der Waals surface area contributed by atoms with Gasteiger partial charge in [0.2, 0.25) is 0 Å². The fourth-order valence-electron chi connectivity index (χ4n) is 1.37. The second-order valence-corrected chi connectivity index (χ2v) is 4.00. The van der Waals surface area contributed by atoms with Crippen LogP contribution in [0.5, 0.6) is 0 Å². The van der Waals surface area contributed by atoms with Crippen LogP contribution in [0.1, 0.15) is 11.4 Å². The summed E-state index contributed by atoms with van der Waals surface area (Å²) in [5, 5.41) is 0.722. The molecule has 5 heteroatoms. The van der Waals surface area contributed by atoms with Crippen LogP contribution in [-0.4, -0.2) is 9.97 Å². The van der Waals surface area contributed by atoms with E-state index in [-0.39, 0.29) is 12.4 Å². The third-order valence-electron chi connectivity index (χ3n) is 2.23. The molecular weight excluding hydrogens is 266 g/mol. The molecule has 1 heterocycles. The Balaban J connectivity index is 0.00000128. The summed E-state index contributed by atoms with van der Waals surface area (Å²) >= 11 is 11.6. The lowest BCUT2D eigenvalue weighted by Crippen LogP contribution is -1.81. The van der Waals surface area contributed by atoms with Gasteiger partial charge in [-0.05, 0) is 31.2 Å². The molecule has 0 bridgehead atoms. The Hall–Kier alpha value is -0.700. The number of H-pyrrole nitrogens is 1. The first-order chi connectivity index (χ1) is 7.20. The smallest absolute Gasteiger partial charge is 0.137 e. The molecule has 0 saturated heterocycles. The Morgan fingerprint density at radius 2 is 1.88 bits per heavy atom. The van der Waals surface area contributed by atoms with Crippen molar-refractivity contribution in [1.82, 2.24) is 9.97 Å². The van der Waals surface area contributed by atoms with Crippen LogP contribution >= 0.6 is 35.6 Å². The van der Waals surface area contributed by atoms with Gasteiger partial charge in [-0.1, -0.05) is 11.6 Å². The molecule has 0 aliphatic carbocycles. The van der Waals surface area contributed by atoms with Crippen LogP contribution in [-0.2, 0) is 5.88 Å². The van der Waals surface area contributed by atoms with Crippen molar-refractivity contribution in [1.29, 1.82) is 0 Å². The van der Waals surface area contributed by atoms with E-state index in [1.807, 2.05) is 31.2 Å². The summed E-state index contributed by atoms with van der Waals surface area (Å²) < 4.78 is 0. The molecule has 0 fully saturated rings. The highest BCUT2D eigenvalue weighted by Gasteiger charge is 2.06. The fraction of sp³-hybridized carbons (Fsp3) is 0.182. The molecule has 2 aromatic rings. The maximum atomic E-state index is 5.81. The summed E-state index contributed by atoms with van der Waals surface area (Å²) in [7, 11) is 0. The summed E-state index contributed by atoms with van der Waals surface area (Å²) in [6.07, 6.45) is 0. The van der Waals surface area contributed by atoms with Crippen LogP contribution < -0.4 is 0 Å². The van der Waals surface area contributed by atoms with Crippen molar-refractivity contribution in [3.63, 3.8) is 0 Å². The minimum absolute atomic E-state index is 0. The summed E-state index contributed by atoms with van der Waals surface area (Å²) in [6, 6.07) is 7.54. The lowest BCUT2D eigenvalue weighted by atomic mass is 10.2. The highest BCUT2D eigenvalue weighted by atomic mass is 35.5. The van der Waals surface area contributed by atoms with Gasteiger partial charge in [-0.3, -0.25) is 0 Å². The van der Waals surface area contributed by atoms with Crippen molar-refractivity contribution in [2.24, 2.45) is 0 Å². The largest absolute Gasteiger partial charge is 0.342 e. The molecule has 0 unspecified atom stereocenters. The normalized spacial score (nSPS) is 9.94. The molecule has 0 atom stereocenters. The van der Waals surface area contributed by atoms with E-state index in [9.17, 15) is 0 Å². The second-order valence-electron chi connectivity index (χ2n) is 3.30. The third-order valence-corrected chi connectivity index (χ3v) is 2.73. The SMILES string of the molecule is Cc1[nH]c(-c2ccc(Cl)cc2)nc1CCl.Cl. The Kier molecular flexibility index (Phi) is 4.66. The second kappa shape index (κ2) is 5.58. The van der Waals surface area contributed by atoms with E-state index in [1.54, 1.807) is 0 Å². The highest BCUT2D eigenvalue weighted by molar-refractivity contribution is 6.30. The number of nitrogens with zero attached hydrogens (tertiary/aromatic N) is 1. The monoisotopic (exact) mass is 276 g/mol. The van der Waals surface area contributed by atoms with E-state index in [0.717, 1.165) is 27.8 Å². The van der Waals surface area contributed by atoms with E-state index in [1.165, 1.54) is 0 Å². The van der Waals surface area contributed by atoms with Crippen LogP contribution in [0.3, 0.4) is 0 Å². The van der Waals surface area contributed by atoms with Crippen molar-refractivity contribution in [3.8, 4) is 11.4 Å². The summed E-state index contributed by atoms with van der Waals surface area (Å²) in [5.41, 5.74) is 2.91. The van der Waals surface area contributed by atoms with Crippen molar-refractivity contribution in [3.05, 3.63) is 40.7 Å². The highest BCUT2D eigenvalue weighted by Crippen LogP contribution is 2.20. The Labute approximate surface area is 110 Å². The minimum atomic E-state index is 0. The molecule has 0 aliphatic rings. The number of rotatable bonds is 2. The zero-order chi connectivity index (χ0) is 10.8. The van der Waals surface area contributed by atoms with Gasteiger partial charge in [-0.15, -0.1) is 24.0 Å². The van der Waals surface area contributed by atoms with Crippen molar-refractivity contribution in [2.45, 2.75) is 12.8 Å². The molecule has 16 heavy (non-hydrogen) atoms. The van der Waals surface area contributed by atoms with Crippen LogP contribution in [0, 0.1) is 6.92 Å².